The van der Waals surface area contributed by atoms with Crippen LogP contribution in [0.1, 0.15) is 94.1 Å². The highest BCUT2D eigenvalue weighted by Gasteiger charge is 2.20. The molecule has 0 aromatic heterocycles. The van der Waals surface area contributed by atoms with Gasteiger partial charge in [0.1, 0.15) is 0 Å². The fourth-order valence-electron chi connectivity index (χ4n) is 7.94. The van der Waals surface area contributed by atoms with Crippen molar-refractivity contribution in [2.75, 3.05) is 0 Å². The lowest BCUT2D eigenvalue weighted by molar-refractivity contribution is 0.356. The van der Waals surface area contributed by atoms with Gasteiger partial charge in [0, 0.05) is 12.6 Å². The van der Waals surface area contributed by atoms with Crippen molar-refractivity contribution in [2.45, 2.75) is 57.0 Å². The topological polar surface area (TPSA) is 100 Å². The molecule has 8 rings (SSSR count). The van der Waals surface area contributed by atoms with E-state index in [9.17, 15) is 0 Å². The van der Waals surface area contributed by atoms with Gasteiger partial charge >= 0.3 is 0 Å². The maximum Gasteiger partial charge on any atom is 0.0854 e. The number of hydrogen-bond donors (Lipinski definition) is 6. The first-order chi connectivity index (χ1) is 29.0. The fraction of sp³-hybridized carbons (Fsp3) is 0.170. The number of rotatable bonds is 16. The summed E-state index contributed by atoms with van der Waals surface area (Å²) in [7, 11) is 0. The lowest BCUT2D eigenvalue weighted by Gasteiger charge is -2.28. The van der Waals surface area contributed by atoms with Crippen molar-refractivity contribution in [2.24, 2.45) is 11.5 Å². The van der Waals surface area contributed by atoms with Crippen LogP contribution in [-0.4, -0.2) is 0 Å². The zero-order valence-electron chi connectivity index (χ0n) is 33.6. The fourth-order valence-corrected chi connectivity index (χ4v) is 7.94. The van der Waals surface area contributed by atoms with Gasteiger partial charge in [0.05, 0.1) is 24.7 Å². The molecule has 0 fully saturated rings. The minimum absolute atomic E-state index is 0.110. The number of benzene rings is 7. The first kappa shape index (κ1) is 39.8. The number of aryl methyl sites for hydroxylation is 1. The minimum Gasteiger partial charge on any atom is -0.312 e. The van der Waals surface area contributed by atoms with Crippen LogP contribution in [0, 0.1) is 0 Å². The summed E-state index contributed by atoms with van der Waals surface area (Å²) in [6, 6.07) is 66.1. The number of nitrogens with two attached hydrogens (primary N) is 2. The Morgan fingerprint density at radius 3 is 1.54 bits per heavy atom. The lowest BCUT2D eigenvalue weighted by Crippen LogP contribution is -2.40. The Bertz CT molecular complexity index is 2400. The van der Waals surface area contributed by atoms with E-state index in [1.165, 1.54) is 44.5 Å². The van der Waals surface area contributed by atoms with E-state index in [2.05, 4.69) is 198 Å². The molecule has 1 aliphatic rings. The zero-order valence-corrected chi connectivity index (χ0v) is 33.6. The third-order valence-electron chi connectivity index (χ3n) is 11.4. The third kappa shape index (κ3) is 10.2. The molecule has 0 radical (unpaired) electrons. The first-order valence-electron chi connectivity index (χ1n) is 20.7. The second kappa shape index (κ2) is 19.2. The third-order valence-corrected chi connectivity index (χ3v) is 11.4. The monoisotopic (exact) mass is 774 g/mol. The van der Waals surface area contributed by atoms with Gasteiger partial charge in [0.25, 0.3) is 0 Å². The van der Waals surface area contributed by atoms with Gasteiger partial charge in [-0.3, -0.25) is 21.3 Å². The van der Waals surface area contributed by atoms with Crippen molar-refractivity contribution in [3.05, 3.63) is 238 Å². The van der Waals surface area contributed by atoms with Crippen LogP contribution in [0.3, 0.4) is 0 Å². The van der Waals surface area contributed by atoms with Gasteiger partial charge in [-0.1, -0.05) is 188 Å². The summed E-state index contributed by atoms with van der Waals surface area (Å²) >= 11 is 0. The predicted molar refractivity (Wildman–Crippen MR) is 244 cm³/mol. The van der Waals surface area contributed by atoms with E-state index in [4.69, 9.17) is 11.5 Å². The number of nitrogens with one attached hydrogen (secondary N) is 4. The molecule has 7 aromatic rings. The van der Waals surface area contributed by atoms with Gasteiger partial charge in [0.2, 0.25) is 0 Å². The van der Waals surface area contributed by atoms with E-state index < -0.39 is 0 Å². The molecule has 0 spiro atoms. The Labute approximate surface area is 349 Å². The molecule has 0 heterocycles. The highest BCUT2D eigenvalue weighted by Crippen LogP contribution is 2.34. The van der Waals surface area contributed by atoms with E-state index in [0.29, 0.717) is 0 Å². The Morgan fingerprint density at radius 2 is 0.949 bits per heavy atom. The maximum absolute atomic E-state index is 6.84. The molecule has 5 atom stereocenters. The van der Waals surface area contributed by atoms with Crippen molar-refractivity contribution < 1.29 is 0 Å². The van der Waals surface area contributed by atoms with Crippen molar-refractivity contribution in [1.82, 2.24) is 21.3 Å². The van der Waals surface area contributed by atoms with Crippen LogP contribution >= 0.6 is 0 Å². The van der Waals surface area contributed by atoms with Crippen LogP contribution < -0.4 is 32.7 Å². The van der Waals surface area contributed by atoms with Crippen LogP contribution in [0.2, 0.25) is 0 Å². The van der Waals surface area contributed by atoms with Crippen molar-refractivity contribution in [3.8, 4) is 11.1 Å². The molecular formula is C53H54N6. The van der Waals surface area contributed by atoms with Crippen LogP contribution in [0.4, 0.5) is 0 Å². The van der Waals surface area contributed by atoms with Gasteiger partial charge in [-0.25, -0.2) is 0 Å². The van der Waals surface area contributed by atoms with E-state index in [1.54, 1.807) is 0 Å². The van der Waals surface area contributed by atoms with Crippen LogP contribution in [-0.2, 0) is 13.0 Å². The number of hydrogen-bond acceptors (Lipinski definition) is 6. The molecule has 0 saturated carbocycles. The number of allylic oxidation sites excluding steroid dienone is 1. The minimum atomic E-state index is -0.355. The summed E-state index contributed by atoms with van der Waals surface area (Å²) in [5.41, 5.74) is 28.0. The first-order valence-corrected chi connectivity index (χ1v) is 20.7. The SMILES string of the molecule is CC(NC(NC(N)c1ccc(C2=Cc3cc(-c4ccc(C(N)NC(NCc5ccccc5)c5ccccc5)cc4)ccc3CC2)cc1)c1ccccc1)c1ccccc1. The molecule has 0 saturated heterocycles. The van der Waals surface area contributed by atoms with Gasteiger partial charge in [-0.05, 0) is 92.6 Å². The normalized spacial score (nSPS) is 15.0. The molecule has 7 aromatic carbocycles. The van der Waals surface area contributed by atoms with E-state index in [-0.39, 0.29) is 30.7 Å². The molecule has 59 heavy (non-hydrogen) atoms. The smallest absolute Gasteiger partial charge is 0.0854 e. The number of fused-ring (bicyclic) bond motifs is 1. The average molecular weight is 775 g/mol. The highest BCUT2D eigenvalue weighted by atomic mass is 15.2. The zero-order chi connectivity index (χ0) is 40.4. The molecule has 296 valence electrons. The molecule has 0 aliphatic heterocycles. The largest absolute Gasteiger partial charge is 0.312 e. The Hall–Kier alpha value is -5.96. The highest BCUT2D eigenvalue weighted by molar-refractivity contribution is 5.86. The standard InChI is InChI=1S/C53H54N6/c1-37(39-16-8-3-9-17-39)57-53(46-20-12-5-13-21-46)59-51(55)44-30-24-41(25-31-44)48-33-27-42-26-32-47(34-49(42)35-48)40-22-28-43(29-23-40)50(54)58-52(45-18-10-4-11-19-45)56-36-38-14-6-2-7-15-38/h2-26,28-32,34-35,37,50-53,56-59H,27,33,36,54-55H2,1H3. The van der Waals surface area contributed by atoms with Crippen molar-refractivity contribution >= 4 is 11.6 Å². The molecule has 6 heteroatoms. The van der Waals surface area contributed by atoms with E-state index in [0.717, 1.165) is 41.6 Å². The van der Waals surface area contributed by atoms with E-state index in [1.807, 2.05) is 24.3 Å². The van der Waals surface area contributed by atoms with Crippen LogP contribution in [0.15, 0.2) is 188 Å². The molecule has 6 nitrogen and oxygen atoms in total. The summed E-state index contributed by atoms with van der Waals surface area (Å²) in [6.07, 6.45) is 3.42. The quantitative estimate of drug-likeness (QED) is 0.0547. The Morgan fingerprint density at radius 1 is 0.458 bits per heavy atom. The molecule has 5 unspecified atom stereocenters. The van der Waals surface area contributed by atoms with Gasteiger partial charge in [-0.2, -0.15) is 0 Å². The molecule has 1 aliphatic carbocycles. The van der Waals surface area contributed by atoms with Gasteiger partial charge in [0.15, 0.2) is 0 Å². The Kier molecular flexibility index (Phi) is 13.0. The summed E-state index contributed by atoms with van der Waals surface area (Å²) in [4.78, 5) is 0. The van der Waals surface area contributed by atoms with Gasteiger partial charge < -0.3 is 11.5 Å². The van der Waals surface area contributed by atoms with Crippen molar-refractivity contribution in [3.63, 3.8) is 0 Å². The second-order valence-electron chi connectivity index (χ2n) is 15.5. The predicted octanol–water partition coefficient (Wildman–Crippen LogP) is 10.5. The lowest BCUT2D eigenvalue weighted by atomic mass is 9.86. The molecule has 0 bridgehead atoms. The second-order valence-corrected chi connectivity index (χ2v) is 15.5. The summed E-state index contributed by atoms with van der Waals surface area (Å²) in [6.45, 7) is 2.92. The van der Waals surface area contributed by atoms with Crippen molar-refractivity contribution in [1.29, 1.82) is 0 Å². The summed E-state index contributed by atoms with van der Waals surface area (Å²) in [5.74, 6) is 0. The van der Waals surface area contributed by atoms with Crippen LogP contribution in [0.5, 0.6) is 0 Å². The average Bonchev–Trinajstić information content (AvgIpc) is 3.31. The van der Waals surface area contributed by atoms with Gasteiger partial charge in [-0.15, -0.1) is 0 Å². The molecule has 8 N–H and O–H groups in total. The molecule has 0 amide bonds. The Balaban J connectivity index is 0.929. The van der Waals surface area contributed by atoms with E-state index >= 15 is 0 Å². The molecular weight excluding hydrogens is 721 g/mol. The summed E-state index contributed by atoms with van der Waals surface area (Å²) in [5, 5.41) is 14.7. The summed E-state index contributed by atoms with van der Waals surface area (Å²) < 4.78 is 0. The van der Waals surface area contributed by atoms with Crippen LogP contribution in [0.25, 0.3) is 22.8 Å². The maximum atomic E-state index is 6.84.